The summed E-state index contributed by atoms with van der Waals surface area (Å²) < 4.78 is 34.6. The van der Waals surface area contributed by atoms with E-state index in [0.717, 1.165) is 21.9 Å². The highest BCUT2D eigenvalue weighted by Crippen LogP contribution is 2.26. The Balaban J connectivity index is 2.00. The third kappa shape index (κ3) is 8.58. The van der Waals surface area contributed by atoms with Crippen LogP contribution >= 0.6 is 0 Å². The number of hydrogen-bond donors (Lipinski definition) is 1. The fourth-order valence-electron chi connectivity index (χ4n) is 4.58. The van der Waals surface area contributed by atoms with E-state index in [2.05, 4.69) is 5.32 Å². The molecule has 3 aromatic carbocycles. The minimum Gasteiger partial charge on any atom is -0.494 e. The predicted octanol–water partition coefficient (Wildman–Crippen LogP) is 5.35. The summed E-state index contributed by atoms with van der Waals surface area (Å²) in [6, 6.07) is 22.1. The molecule has 0 aliphatic carbocycles. The number of carbonyl (C=O) groups is 2. The smallest absolute Gasteiger partial charge is 0.264 e. The third-order valence-electron chi connectivity index (χ3n) is 7.19. The molecule has 2 atom stereocenters. The molecule has 0 bridgehead atoms. The summed E-state index contributed by atoms with van der Waals surface area (Å²) >= 11 is 0. The normalized spacial score (nSPS) is 12.7. The quantitative estimate of drug-likeness (QED) is 0.256. The molecular weight excluding hydrogens is 550 g/mol. The lowest BCUT2D eigenvalue weighted by atomic mass is 10.1. The van der Waals surface area contributed by atoms with Gasteiger partial charge in [0.25, 0.3) is 10.0 Å². The van der Waals surface area contributed by atoms with Gasteiger partial charge in [-0.1, -0.05) is 61.9 Å². The fraction of sp³-hybridized carbons (Fsp3) is 0.394. The van der Waals surface area contributed by atoms with E-state index in [0.29, 0.717) is 30.9 Å². The van der Waals surface area contributed by atoms with Gasteiger partial charge in [0.1, 0.15) is 18.3 Å². The molecule has 0 saturated heterocycles. The van der Waals surface area contributed by atoms with E-state index in [4.69, 9.17) is 4.74 Å². The highest BCUT2D eigenvalue weighted by Gasteiger charge is 2.33. The Morgan fingerprint density at radius 2 is 1.52 bits per heavy atom. The molecule has 226 valence electrons. The minimum absolute atomic E-state index is 0.0386. The monoisotopic (exact) mass is 593 g/mol. The van der Waals surface area contributed by atoms with Crippen molar-refractivity contribution in [3.05, 3.63) is 90.0 Å². The SMILES string of the molecule is CCOc1ccc(S(=O)(=O)N(CC(=O)N(CCc2ccccc2)C(CC)C(=O)NC(C)CC)c2ccc(C)cc2)cc1. The maximum Gasteiger partial charge on any atom is 0.264 e. The molecule has 0 saturated carbocycles. The summed E-state index contributed by atoms with van der Waals surface area (Å²) in [6.07, 6.45) is 1.66. The van der Waals surface area contributed by atoms with Crippen LogP contribution in [0, 0.1) is 6.92 Å². The Labute approximate surface area is 250 Å². The number of nitrogens with zero attached hydrogens (tertiary/aromatic N) is 2. The van der Waals surface area contributed by atoms with Crippen molar-refractivity contribution in [1.29, 1.82) is 0 Å². The van der Waals surface area contributed by atoms with Gasteiger partial charge >= 0.3 is 0 Å². The number of amides is 2. The second kappa shape index (κ2) is 15.4. The van der Waals surface area contributed by atoms with Crippen molar-refractivity contribution in [1.82, 2.24) is 10.2 Å². The van der Waals surface area contributed by atoms with Crippen molar-refractivity contribution in [2.24, 2.45) is 0 Å². The molecule has 9 heteroatoms. The van der Waals surface area contributed by atoms with E-state index in [-0.39, 0.29) is 23.4 Å². The van der Waals surface area contributed by atoms with E-state index in [1.165, 1.54) is 17.0 Å². The molecule has 0 aromatic heterocycles. The first-order chi connectivity index (χ1) is 20.1. The molecule has 0 aliphatic heterocycles. The summed E-state index contributed by atoms with van der Waals surface area (Å²) in [5.41, 5.74) is 2.34. The number of sulfonamides is 1. The molecule has 0 heterocycles. The Hall–Kier alpha value is -3.85. The predicted molar refractivity (Wildman–Crippen MR) is 167 cm³/mol. The van der Waals surface area contributed by atoms with Crippen molar-refractivity contribution < 1.29 is 22.7 Å². The molecule has 2 unspecified atom stereocenters. The van der Waals surface area contributed by atoms with Gasteiger partial charge in [0.05, 0.1) is 17.2 Å². The number of carbonyl (C=O) groups excluding carboxylic acids is 2. The number of benzene rings is 3. The first-order valence-electron chi connectivity index (χ1n) is 14.6. The Bertz CT molecular complexity index is 1390. The van der Waals surface area contributed by atoms with Gasteiger partial charge in [-0.05, 0) is 82.0 Å². The average molecular weight is 594 g/mol. The van der Waals surface area contributed by atoms with Gasteiger partial charge in [0.15, 0.2) is 0 Å². The van der Waals surface area contributed by atoms with Gasteiger partial charge in [-0.3, -0.25) is 13.9 Å². The minimum atomic E-state index is -4.14. The van der Waals surface area contributed by atoms with Crippen LogP contribution in [0.5, 0.6) is 5.75 Å². The second-order valence-electron chi connectivity index (χ2n) is 10.3. The van der Waals surface area contributed by atoms with Crippen LogP contribution in [0.25, 0.3) is 0 Å². The fourth-order valence-corrected chi connectivity index (χ4v) is 5.99. The molecular formula is C33H43N3O5S. The number of hydrogen-bond acceptors (Lipinski definition) is 5. The van der Waals surface area contributed by atoms with Crippen molar-refractivity contribution in [3.63, 3.8) is 0 Å². The molecule has 0 radical (unpaired) electrons. The lowest BCUT2D eigenvalue weighted by Crippen LogP contribution is -2.54. The van der Waals surface area contributed by atoms with Crippen LogP contribution in [0.1, 0.15) is 51.7 Å². The zero-order chi connectivity index (χ0) is 30.7. The van der Waals surface area contributed by atoms with Crippen LogP contribution in [0.2, 0.25) is 0 Å². The van der Waals surface area contributed by atoms with E-state index in [1.54, 1.807) is 24.3 Å². The Morgan fingerprint density at radius 3 is 2.10 bits per heavy atom. The second-order valence-corrected chi connectivity index (χ2v) is 12.2. The van der Waals surface area contributed by atoms with Crippen molar-refractivity contribution in [2.75, 3.05) is 24.0 Å². The summed E-state index contributed by atoms with van der Waals surface area (Å²) in [5, 5.41) is 3.00. The number of rotatable bonds is 15. The van der Waals surface area contributed by atoms with Gasteiger partial charge in [-0.25, -0.2) is 8.42 Å². The first-order valence-corrected chi connectivity index (χ1v) is 16.0. The number of anilines is 1. The van der Waals surface area contributed by atoms with E-state index in [1.807, 2.05) is 77.1 Å². The molecule has 42 heavy (non-hydrogen) atoms. The van der Waals surface area contributed by atoms with Gasteiger partial charge < -0.3 is 15.0 Å². The van der Waals surface area contributed by atoms with Crippen LogP contribution < -0.4 is 14.4 Å². The largest absolute Gasteiger partial charge is 0.494 e. The molecule has 8 nitrogen and oxygen atoms in total. The van der Waals surface area contributed by atoms with Crippen LogP contribution in [0.3, 0.4) is 0 Å². The van der Waals surface area contributed by atoms with Crippen molar-refractivity contribution >= 4 is 27.5 Å². The lowest BCUT2D eigenvalue weighted by molar-refractivity contribution is -0.139. The van der Waals surface area contributed by atoms with Gasteiger partial charge in [-0.2, -0.15) is 0 Å². The topological polar surface area (TPSA) is 96.0 Å². The zero-order valence-corrected chi connectivity index (χ0v) is 26.1. The van der Waals surface area contributed by atoms with Crippen LogP contribution in [0.4, 0.5) is 5.69 Å². The number of aryl methyl sites for hydroxylation is 1. The van der Waals surface area contributed by atoms with Gasteiger partial charge in [0, 0.05) is 12.6 Å². The summed E-state index contributed by atoms with van der Waals surface area (Å²) in [7, 11) is -4.14. The first kappa shape index (κ1) is 32.7. The number of ether oxygens (including phenoxy) is 1. The Kier molecular flexibility index (Phi) is 12.0. The lowest BCUT2D eigenvalue weighted by Gasteiger charge is -2.33. The zero-order valence-electron chi connectivity index (χ0n) is 25.2. The van der Waals surface area contributed by atoms with Crippen molar-refractivity contribution in [2.45, 2.75) is 70.9 Å². The van der Waals surface area contributed by atoms with E-state index >= 15 is 0 Å². The highest BCUT2D eigenvalue weighted by molar-refractivity contribution is 7.92. The maximum atomic E-state index is 14.1. The van der Waals surface area contributed by atoms with E-state index < -0.39 is 28.5 Å². The van der Waals surface area contributed by atoms with Crippen LogP contribution in [-0.4, -0.2) is 56.9 Å². The van der Waals surface area contributed by atoms with Gasteiger partial charge in [-0.15, -0.1) is 0 Å². The summed E-state index contributed by atoms with van der Waals surface area (Å²) in [4.78, 5) is 29.0. The number of nitrogens with one attached hydrogen (secondary N) is 1. The van der Waals surface area contributed by atoms with Crippen molar-refractivity contribution in [3.8, 4) is 5.75 Å². The standard InChI is InChI=1S/C33H43N3O5S/c1-6-26(5)34-33(38)31(7-2)35(23-22-27-12-10-9-11-13-27)32(37)24-36(28-16-14-25(4)15-17-28)42(39,40)30-20-18-29(19-21-30)41-8-3/h9-21,26,31H,6-8,22-24H2,1-5H3,(H,34,38). The molecule has 0 fully saturated rings. The molecule has 3 aromatic rings. The van der Waals surface area contributed by atoms with Gasteiger partial charge in [0.2, 0.25) is 11.8 Å². The highest BCUT2D eigenvalue weighted by atomic mass is 32.2. The molecule has 0 spiro atoms. The maximum absolute atomic E-state index is 14.1. The molecule has 3 rings (SSSR count). The third-order valence-corrected chi connectivity index (χ3v) is 8.98. The Morgan fingerprint density at radius 1 is 0.881 bits per heavy atom. The summed E-state index contributed by atoms with van der Waals surface area (Å²) in [6.45, 7) is 9.79. The molecule has 0 aliphatic rings. The van der Waals surface area contributed by atoms with E-state index in [9.17, 15) is 18.0 Å². The van der Waals surface area contributed by atoms with Crippen LogP contribution in [0.15, 0.2) is 83.8 Å². The molecule has 2 amide bonds. The van der Waals surface area contributed by atoms with Crippen LogP contribution in [-0.2, 0) is 26.0 Å². The summed E-state index contributed by atoms with van der Waals surface area (Å²) in [5.74, 6) is -0.142. The molecule has 1 N–H and O–H groups in total. The average Bonchev–Trinajstić information content (AvgIpc) is 2.99.